The molecule has 0 spiro atoms. The fourth-order valence-corrected chi connectivity index (χ4v) is 4.79. The molecule has 0 aromatic carbocycles. The van der Waals surface area contributed by atoms with Gasteiger partial charge >= 0.3 is 0 Å². The van der Waals surface area contributed by atoms with Gasteiger partial charge in [-0.25, -0.2) is 0 Å². The Hall–Kier alpha value is 0.0969. The molecule has 2 atom stereocenters. The number of hydrogen-bond acceptors (Lipinski definition) is 3. The predicted molar refractivity (Wildman–Crippen MR) is 70.7 cm³/mol. The summed E-state index contributed by atoms with van der Waals surface area (Å²) in [4.78, 5) is 2.27. The summed E-state index contributed by atoms with van der Waals surface area (Å²) < 4.78 is 5.98. The molecular formula is C12H27N2OSi. The van der Waals surface area contributed by atoms with E-state index in [9.17, 15) is 0 Å². The molecule has 3 nitrogen and oxygen atoms in total. The van der Waals surface area contributed by atoms with Crippen molar-refractivity contribution >= 4 is 9.04 Å². The summed E-state index contributed by atoms with van der Waals surface area (Å²) in [5.41, 5.74) is 0.609. The van der Waals surface area contributed by atoms with Crippen LogP contribution in [-0.2, 0) is 4.43 Å². The van der Waals surface area contributed by atoms with Crippen LogP contribution in [0.15, 0.2) is 0 Å². The number of nitrogens with one attached hydrogen (secondary N) is 1. The lowest BCUT2D eigenvalue weighted by Crippen LogP contribution is -2.53. The van der Waals surface area contributed by atoms with Crippen LogP contribution in [-0.4, -0.2) is 46.5 Å². The van der Waals surface area contributed by atoms with Gasteiger partial charge in [0, 0.05) is 12.3 Å². The Morgan fingerprint density at radius 2 is 2.00 bits per heavy atom. The summed E-state index contributed by atoms with van der Waals surface area (Å²) in [5, 5.41) is 3.77. The van der Waals surface area contributed by atoms with E-state index in [2.05, 4.69) is 38.2 Å². The van der Waals surface area contributed by atoms with E-state index < -0.39 is 9.04 Å². The summed E-state index contributed by atoms with van der Waals surface area (Å²) in [6.07, 6.45) is 5.46. The van der Waals surface area contributed by atoms with E-state index in [1.54, 1.807) is 0 Å². The Bertz CT molecular complexity index is 184. The Morgan fingerprint density at radius 1 is 1.25 bits per heavy atom. The zero-order chi connectivity index (χ0) is 12.0. The third kappa shape index (κ3) is 4.16. The standard InChI is InChI=1S/C12H27N2OSi/c1-5-11(14(3)4)13-12(6-2)16-10-8-7-9-15-16/h11-13H,5-10H2,1-4H3. The van der Waals surface area contributed by atoms with Crippen molar-refractivity contribution in [3.8, 4) is 0 Å². The molecule has 2 unspecified atom stereocenters. The molecule has 1 rings (SSSR count). The van der Waals surface area contributed by atoms with Gasteiger partial charge in [-0.1, -0.05) is 20.3 Å². The van der Waals surface area contributed by atoms with Crippen LogP contribution in [0.2, 0.25) is 6.04 Å². The Labute approximate surface area is 102 Å². The Kier molecular flexibility index (Phi) is 6.57. The van der Waals surface area contributed by atoms with Gasteiger partial charge in [0.05, 0.1) is 6.17 Å². The average Bonchev–Trinajstić information content (AvgIpc) is 2.31. The van der Waals surface area contributed by atoms with Crippen molar-refractivity contribution in [2.75, 3.05) is 20.7 Å². The first kappa shape index (κ1) is 14.2. The molecule has 95 valence electrons. The molecule has 0 aromatic rings. The molecule has 16 heavy (non-hydrogen) atoms. The summed E-state index contributed by atoms with van der Waals surface area (Å²) in [7, 11) is 3.68. The fraction of sp³-hybridized carbons (Fsp3) is 1.00. The molecule has 1 radical (unpaired) electrons. The van der Waals surface area contributed by atoms with Crippen LogP contribution in [0, 0.1) is 0 Å². The van der Waals surface area contributed by atoms with E-state index in [1.165, 1.54) is 25.3 Å². The van der Waals surface area contributed by atoms with Gasteiger partial charge in [-0.05, 0) is 39.4 Å². The lowest BCUT2D eigenvalue weighted by atomic mass is 10.3. The van der Waals surface area contributed by atoms with Crippen molar-refractivity contribution in [1.29, 1.82) is 0 Å². The third-order valence-corrected chi connectivity index (χ3v) is 6.08. The van der Waals surface area contributed by atoms with Crippen LogP contribution in [0.1, 0.15) is 39.5 Å². The molecule has 0 aliphatic carbocycles. The zero-order valence-corrected chi connectivity index (χ0v) is 12.3. The fourth-order valence-electron chi connectivity index (χ4n) is 2.25. The van der Waals surface area contributed by atoms with Gasteiger partial charge in [-0.15, -0.1) is 0 Å². The minimum atomic E-state index is -0.613. The molecule has 1 saturated heterocycles. The summed E-state index contributed by atoms with van der Waals surface area (Å²) in [6, 6.07) is 1.32. The smallest absolute Gasteiger partial charge is 0.229 e. The first-order valence-corrected chi connectivity index (χ1v) is 8.29. The van der Waals surface area contributed by atoms with Gasteiger partial charge in [0.15, 0.2) is 0 Å². The van der Waals surface area contributed by atoms with Crippen LogP contribution < -0.4 is 5.32 Å². The summed E-state index contributed by atoms with van der Waals surface area (Å²) >= 11 is 0. The second kappa shape index (κ2) is 7.43. The van der Waals surface area contributed by atoms with Gasteiger partial charge in [0.1, 0.15) is 0 Å². The van der Waals surface area contributed by atoms with E-state index in [1.807, 2.05) is 0 Å². The van der Waals surface area contributed by atoms with Crippen LogP contribution in [0.25, 0.3) is 0 Å². The highest BCUT2D eigenvalue weighted by atomic mass is 28.3. The van der Waals surface area contributed by atoms with Crippen LogP contribution in [0.5, 0.6) is 0 Å². The maximum atomic E-state index is 5.98. The molecule has 1 N–H and O–H groups in total. The predicted octanol–water partition coefficient (Wildman–Crippen LogP) is 1.99. The molecule has 1 aliphatic heterocycles. The SMILES string of the molecule is CCC(NC(CC)[Si]1CCCCO1)N(C)C. The monoisotopic (exact) mass is 243 g/mol. The van der Waals surface area contributed by atoms with Crippen LogP contribution >= 0.6 is 0 Å². The van der Waals surface area contributed by atoms with Crippen molar-refractivity contribution in [1.82, 2.24) is 10.2 Å². The molecule has 0 aromatic heterocycles. The molecule has 0 saturated carbocycles. The first-order chi connectivity index (χ1) is 7.69. The normalized spacial score (nSPS) is 22.3. The van der Waals surface area contributed by atoms with Crippen molar-refractivity contribution in [3.63, 3.8) is 0 Å². The zero-order valence-electron chi connectivity index (χ0n) is 11.3. The summed E-state index contributed by atoms with van der Waals surface area (Å²) in [6.45, 7) is 5.50. The molecule has 4 heteroatoms. The Morgan fingerprint density at radius 3 is 2.44 bits per heavy atom. The molecule has 1 aliphatic rings. The van der Waals surface area contributed by atoms with Gasteiger partial charge in [0.25, 0.3) is 0 Å². The second-order valence-corrected chi connectivity index (χ2v) is 7.21. The number of rotatable bonds is 6. The van der Waals surface area contributed by atoms with Crippen molar-refractivity contribution in [2.24, 2.45) is 0 Å². The highest BCUT2D eigenvalue weighted by Crippen LogP contribution is 2.16. The lowest BCUT2D eigenvalue weighted by Gasteiger charge is -2.34. The molecule has 0 bridgehead atoms. The summed E-state index contributed by atoms with van der Waals surface area (Å²) in [5.74, 6) is 0. The highest BCUT2D eigenvalue weighted by Gasteiger charge is 2.28. The maximum Gasteiger partial charge on any atom is 0.229 e. The third-order valence-electron chi connectivity index (χ3n) is 3.31. The largest absolute Gasteiger partial charge is 0.415 e. The van der Waals surface area contributed by atoms with Gasteiger partial charge in [-0.3, -0.25) is 10.2 Å². The molecular weight excluding hydrogens is 216 g/mol. The van der Waals surface area contributed by atoms with E-state index >= 15 is 0 Å². The van der Waals surface area contributed by atoms with Crippen molar-refractivity contribution in [2.45, 2.75) is 57.4 Å². The minimum absolute atomic E-state index is 0.493. The highest BCUT2D eigenvalue weighted by molar-refractivity contribution is 6.53. The van der Waals surface area contributed by atoms with E-state index in [-0.39, 0.29) is 0 Å². The van der Waals surface area contributed by atoms with Gasteiger partial charge in [0.2, 0.25) is 9.04 Å². The molecule has 1 heterocycles. The van der Waals surface area contributed by atoms with E-state index in [4.69, 9.17) is 4.43 Å². The lowest BCUT2D eigenvalue weighted by molar-refractivity contribution is 0.214. The van der Waals surface area contributed by atoms with Gasteiger partial charge in [-0.2, -0.15) is 0 Å². The van der Waals surface area contributed by atoms with Gasteiger partial charge < -0.3 is 4.43 Å². The molecule has 0 amide bonds. The van der Waals surface area contributed by atoms with Crippen molar-refractivity contribution < 1.29 is 4.43 Å². The Balaban J connectivity index is 2.45. The first-order valence-electron chi connectivity index (χ1n) is 6.60. The quantitative estimate of drug-likeness (QED) is 0.570. The number of hydrogen-bond donors (Lipinski definition) is 1. The topological polar surface area (TPSA) is 24.5 Å². The minimum Gasteiger partial charge on any atom is -0.415 e. The van der Waals surface area contributed by atoms with Crippen LogP contribution in [0.4, 0.5) is 0 Å². The second-order valence-electron chi connectivity index (χ2n) is 4.79. The van der Waals surface area contributed by atoms with Crippen molar-refractivity contribution in [3.05, 3.63) is 0 Å². The number of nitrogens with zero attached hydrogens (tertiary/aromatic N) is 1. The van der Waals surface area contributed by atoms with E-state index in [0.717, 1.165) is 13.0 Å². The van der Waals surface area contributed by atoms with Crippen LogP contribution in [0.3, 0.4) is 0 Å². The van der Waals surface area contributed by atoms with E-state index in [0.29, 0.717) is 11.8 Å². The molecule has 1 fully saturated rings. The average molecular weight is 243 g/mol. The maximum absolute atomic E-state index is 5.98.